The predicted molar refractivity (Wildman–Crippen MR) is 68.0 cm³/mol. The molecule has 0 spiro atoms. The van der Waals surface area contributed by atoms with Gasteiger partial charge >= 0.3 is 0 Å². The first-order valence-corrected chi connectivity index (χ1v) is 6.07. The Kier molecular flexibility index (Phi) is 4.69. The second-order valence-corrected chi connectivity index (χ2v) is 4.59. The second kappa shape index (κ2) is 5.82. The number of phenolic OH excluding ortho intramolecular Hbond substituents is 1. The molecule has 0 aliphatic heterocycles. The van der Waals surface area contributed by atoms with E-state index >= 15 is 0 Å². The quantitative estimate of drug-likeness (QED) is 0.896. The Hall–Kier alpha value is -1.36. The van der Waals surface area contributed by atoms with Crippen LogP contribution in [0, 0.1) is 0 Å². The van der Waals surface area contributed by atoms with Crippen molar-refractivity contribution in [1.29, 1.82) is 0 Å². The molecule has 92 valence electrons. The fourth-order valence-electron chi connectivity index (χ4n) is 1.36. The number of ketones is 1. The summed E-state index contributed by atoms with van der Waals surface area (Å²) in [5.41, 5.74) is 0.156. The molecule has 0 aliphatic rings. The third-order valence-corrected chi connectivity index (χ3v) is 2.88. The molecule has 1 atom stereocenters. The van der Waals surface area contributed by atoms with Crippen LogP contribution in [0.5, 0.6) is 5.75 Å². The van der Waals surface area contributed by atoms with Crippen LogP contribution in [0.15, 0.2) is 22.7 Å². The maximum Gasteiger partial charge on any atom is 0.255 e. The van der Waals surface area contributed by atoms with Crippen LogP contribution in [-0.2, 0) is 4.79 Å². The Labute approximate surface area is 108 Å². The summed E-state index contributed by atoms with van der Waals surface area (Å²) in [7, 11) is 0. The summed E-state index contributed by atoms with van der Waals surface area (Å²) >= 11 is 3.18. The molecule has 1 aromatic rings. The van der Waals surface area contributed by atoms with Crippen molar-refractivity contribution in [2.75, 3.05) is 0 Å². The van der Waals surface area contributed by atoms with Crippen molar-refractivity contribution >= 4 is 27.6 Å². The van der Waals surface area contributed by atoms with Crippen LogP contribution in [0.4, 0.5) is 0 Å². The summed E-state index contributed by atoms with van der Waals surface area (Å²) in [6, 6.07) is 4.04. The van der Waals surface area contributed by atoms with Gasteiger partial charge in [-0.3, -0.25) is 9.59 Å². The zero-order valence-corrected chi connectivity index (χ0v) is 11.2. The van der Waals surface area contributed by atoms with Crippen molar-refractivity contribution in [3.8, 4) is 5.75 Å². The van der Waals surface area contributed by atoms with Crippen molar-refractivity contribution in [3.05, 3.63) is 28.2 Å². The first-order valence-electron chi connectivity index (χ1n) is 5.27. The second-order valence-electron chi connectivity index (χ2n) is 3.68. The fraction of sp³-hybridized carbons (Fsp3) is 0.333. The third-order valence-electron chi connectivity index (χ3n) is 2.38. The Balaban J connectivity index is 2.80. The van der Waals surface area contributed by atoms with Gasteiger partial charge in [0.1, 0.15) is 5.75 Å². The van der Waals surface area contributed by atoms with Gasteiger partial charge in [0.05, 0.1) is 11.6 Å². The van der Waals surface area contributed by atoms with Gasteiger partial charge in [0.15, 0.2) is 5.78 Å². The highest BCUT2D eigenvalue weighted by atomic mass is 79.9. The summed E-state index contributed by atoms with van der Waals surface area (Å²) in [6.07, 6.45) is 0.369. The van der Waals surface area contributed by atoms with Crippen molar-refractivity contribution in [1.82, 2.24) is 5.32 Å². The molecule has 0 saturated heterocycles. The van der Waals surface area contributed by atoms with Crippen LogP contribution >= 0.6 is 15.9 Å². The molecule has 0 aliphatic carbocycles. The summed E-state index contributed by atoms with van der Waals surface area (Å²) in [5, 5.41) is 12.1. The molecular weight excluding hydrogens is 286 g/mol. The smallest absolute Gasteiger partial charge is 0.255 e. The van der Waals surface area contributed by atoms with E-state index < -0.39 is 11.9 Å². The number of phenols is 1. The van der Waals surface area contributed by atoms with Crippen LogP contribution in [0.25, 0.3) is 0 Å². The van der Waals surface area contributed by atoms with E-state index in [4.69, 9.17) is 0 Å². The Morgan fingerprint density at radius 2 is 2.12 bits per heavy atom. The number of benzene rings is 1. The minimum absolute atomic E-state index is 0.0463. The van der Waals surface area contributed by atoms with E-state index in [1.54, 1.807) is 19.9 Å². The van der Waals surface area contributed by atoms with Gasteiger partial charge in [-0.15, -0.1) is 0 Å². The van der Waals surface area contributed by atoms with E-state index in [1.165, 1.54) is 12.1 Å². The SMILES string of the molecule is CCC(=O)C(C)NC(=O)c1ccc(Br)cc1O. The lowest BCUT2D eigenvalue weighted by Crippen LogP contribution is -2.38. The number of hydrogen-bond acceptors (Lipinski definition) is 3. The highest BCUT2D eigenvalue weighted by Crippen LogP contribution is 2.22. The molecule has 2 N–H and O–H groups in total. The molecular formula is C12H14BrNO3. The predicted octanol–water partition coefficient (Wildman–Crippen LogP) is 2.25. The Morgan fingerprint density at radius 1 is 1.47 bits per heavy atom. The summed E-state index contributed by atoms with van der Waals surface area (Å²) < 4.78 is 0.684. The van der Waals surface area contributed by atoms with E-state index in [0.29, 0.717) is 10.9 Å². The molecule has 0 radical (unpaired) electrons. The number of Topliss-reactive ketones (excluding diaryl/α,β-unsaturated/α-hetero) is 1. The van der Waals surface area contributed by atoms with Crippen molar-refractivity contribution < 1.29 is 14.7 Å². The molecule has 17 heavy (non-hydrogen) atoms. The maximum atomic E-state index is 11.8. The summed E-state index contributed by atoms with van der Waals surface area (Å²) in [5.74, 6) is -0.618. The highest BCUT2D eigenvalue weighted by molar-refractivity contribution is 9.10. The normalized spacial score (nSPS) is 11.9. The number of carbonyl (C=O) groups is 2. The zero-order chi connectivity index (χ0) is 13.0. The van der Waals surface area contributed by atoms with Crippen LogP contribution in [0.3, 0.4) is 0 Å². The van der Waals surface area contributed by atoms with Crippen LogP contribution in [0.2, 0.25) is 0 Å². The Morgan fingerprint density at radius 3 is 2.65 bits per heavy atom. The highest BCUT2D eigenvalue weighted by Gasteiger charge is 2.17. The van der Waals surface area contributed by atoms with Gasteiger partial charge < -0.3 is 10.4 Å². The maximum absolute atomic E-state index is 11.8. The minimum Gasteiger partial charge on any atom is -0.507 e. The van der Waals surface area contributed by atoms with Crippen molar-refractivity contribution in [2.24, 2.45) is 0 Å². The number of rotatable bonds is 4. The van der Waals surface area contributed by atoms with Gasteiger partial charge in [0.25, 0.3) is 5.91 Å². The number of nitrogens with one attached hydrogen (secondary N) is 1. The first-order chi connectivity index (χ1) is 7.95. The molecule has 0 bridgehead atoms. The number of aromatic hydroxyl groups is 1. The van der Waals surface area contributed by atoms with E-state index in [-0.39, 0.29) is 17.1 Å². The molecule has 0 heterocycles. The van der Waals surface area contributed by atoms with Crippen LogP contribution in [0.1, 0.15) is 30.6 Å². The number of halogens is 1. The molecule has 0 fully saturated rings. The van der Waals surface area contributed by atoms with Crippen molar-refractivity contribution in [3.63, 3.8) is 0 Å². The van der Waals surface area contributed by atoms with Crippen LogP contribution < -0.4 is 5.32 Å². The number of carbonyl (C=O) groups excluding carboxylic acids is 2. The molecule has 1 rings (SSSR count). The van der Waals surface area contributed by atoms with Gasteiger partial charge in [0, 0.05) is 10.9 Å². The van der Waals surface area contributed by atoms with Gasteiger partial charge in [0.2, 0.25) is 0 Å². The monoisotopic (exact) mass is 299 g/mol. The standard InChI is InChI=1S/C12H14BrNO3/c1-3-10(15)7(2)14-12(17)9-5-4-8(13)6-11(9)16/h4-7,16H,3H2,1-2H3,(H,14,17). The lowest BCUT2D eigenvalue weighted by molar-refractivity contribution is -0.120. The lowest BCUT2D eigenvalue weighted by atomic mass is 10.1. The Bertz CT molecular complexity index is 445. The number of hydrogen-bond donors (Lipinski definition) is 2. The zero-order valence-electron chi connectivity index (χ0n) is 9.66. The molecule has 0 aromatic heterocycles. The first kappa shape index (κ1) is 13.7. The van der Waals surface area contributed by atoms with E-state index in [0.717, 1.165) is 0 Å². The fourth-order valence-corrected chi connectivity index (χ4v) is 1.71. The molecule has 0 saturated carbocycles. The van der Waals surface area contributed by atoms with Crippen molar-refractivity contribution in [2.45, 2.75) is 26.3 Å². The molecule has 1 aromatic carbocycles. The molecule has 1 amide bonds. The van der Waals surface area contributed by atoms with Gasteiger partial charge in [-0.25, -0.2) is 0 Å². The topological polar surface area (TPSA) is 66.4 Å². The molecule has 4 nitrogen and oxygen atoms in total. The summed E-state index contributed by atoms with van der Waals surface area (Å²) in [6.45, 7) is 3.36. The third kappa shape index (κ3) is 3.56. The van der Waals surface area contributed by atoms with Gasteiger partial charge in [-0.1, -0.05) is 22.9 Å². The number of amides is 1. The summed E-state index contributed by atoms with van der Waals surface area (Å²) in [4.78, 5) is 23.1. The van der Waals surface area contributed by atoms with E-state index in [1.807, 2.05) is 0 Å². The average molecular weight is 300 g/mol. The molecule has 5 heteroatoms. The van der Waals surface area contributed by atoms with Gasteiger partial charge in [-0.05, 0) is 25.1 Å². The van der Waals surface area contributed by atoms with Crippen LogP contribution in [-0.4, -0.2) is 22.8 Å². The minimum atomic E-state index is -0.546. The van der Waals surface area contributed by atoms with E-state index in [2.05, 4.69) is 21.2 Å². The average Bonchev–Trinajstić information content (AvgIpc) is 2.27. The lowest BCUT2D eigenvalue weighted by Gasteiger charge is -2.12. The molecule has 1 unspecified atom stereocenters. The van der Waals surface area contributed by atoms with Gasteiger partial charge in [-0.2, -0.15) is 0 Å². The van der Waals surface area contributed by atoms with E-state index in [9.17, 15) is 14.7 Å². The largest absolute Gasteiger partial charge is 0.507 e.